The topological polar surface area (TPSA) is 55.2 Å². The minimum atomic E-state index is 0.613. The number of nitrogens with one attached hydrogen (secondary N) is 1. The maximum atomic E-state index is 6.14. The number of H-pyrrole nitrogens is 1. The maximum Gasteiger partial charge on any atom is 0.155 e. The van der Waals surface area contributed by atoms with Crippen LogP contribution in [0.15, 0.2) is 53.4 Å². The van der Waals surface area contributed by atoms with E-state index in [1.807, 2.05) is 48.0 Å². The standard InChI is InChI=1S/C18H14BrClN4O/c1-11-3-5-24-16(10-21-17(24)9-14-2-4-22-23-14)18(11)25-15-7-12(19)6-13(20)8-15/h2-8,10H,9H2,1H3,(H,22,23). The van der Waals surface area contributed by atoms with Crippen molar-refractivity contribution in [3.8, 4) is 11.5 Å². The molecule has 0 bridgehead atoms. The van der Waals surface area contributed by atoms with Crippen molar-refractivity contribution in [3.63, 3.8) is 0 Å². The van der Waals surface area contributed by atoms with Gasteiger partial charge < -0.3 is 9.14 Å². The fraction of sp³-hybridized carbons (Fsp3) is 0.111. The predicted octanol–water partition coefficient (Wildman–Crippen LogP) is 5.16. The molecule has 0 spiro atoms. The third-order valence-corrected chi connectivity index (χ3v) is 4.58. The Morgan fingerprint density at radius 3 is 2.92 bits per heavy atom. The minimum Gasteiger partial charge on any atom is -0.455 e. The number of fused-ring (bicyclic) bond motifs is 1. The number of benzene rings is 1. The Bertz CT molecular complexity index is 1020. The number of aryl methyl sites for hydroxylation is 1. The normalized spacial score (nSPS) is 11.2. The van der Waals surface area contributed by atoms with Crippen LogP contribution in [0.5, 0.6) is 11.5 Å². The summed E-state index contributed by atoms with van der Waals surface area (Å²) in [5.41, 5.74) is 2.94. The van der Waals surface area contributed by atoms with Gasteiger partial charge in [0.25, 0.3) is 0 Å². The summed E-state index contributed by atoms with van der Waals surface area (Å²) in [6.07, 6.45) is 6.23. The van der Waals surface area contributed by atoms with Gasteiger partial charge in [-0.2, -0.15) is 5.10 Å². The average Bonchev–Trinajstić information content (AvgIpc) is 3.20. The molecular weight excluding hydrogens is 404 g/mol. The molecule has 3 heterocycles. The van der Waals surface area contributed by atoms with Gasteiger partial charge in [-0.15, -0.1) is 0 Å². The number of halogens is 2. The molecule has 5 nitrogen and oxygen atoms in total. The highest BCUT2D eigenvalue weighted by atomic mass is 79.9. The molecule has 0 atom stereocenters. The van der Waals surface area contributed by atoms with Crippen molar-refractivity contribution in [2.24, 2.45) is 0 Å². The zero-order chi connectivity index (χ0) is 17.4. The molecule has 25 heavy (non-hydrogen) atoms. The second-order valence-corrected chi connectivity index (χ2v) is 7.08. The minimum absolute atomic E-state index is 0.613. The quantitative estimate of drug-likeness (QED) is 0.499. The van der Waals surface area contributed by atoms with Gasteiger partial charge in [-0.1, -0.05) is 27.5 Å². The van der Waals surface area contributed by atoms with Gasteiger partial charge in [0.05, 0.1) is 6.20 Å². The van der Waals surface area contributed by atoms with Crippen molar-refractivity contribution in [2.75, 3.05) is 0 Å². The number of aromatic nitrogens is 4. The number of hydrogen-bond acceptors (Lipinski definition) is 3. The second kappa shape index (κ2) is 6.54. The Morgan fingerprint density at radius 1 is 1.28 bits per heavy atom. The van der Waals surface area contributed by atoms with E-state index in [0.29, 0.717) is 17.2 Å². The van der Waals surface area contributed by atoms with Gasteiger partial charge in [0.1, 0.15) is 17.1 Å². The van der Waals surface area contributed by atoms with Crippen LogP contribution in [-0.2, 0) is 6.42 Å². The molecule has 4 aromatic rings. The number of rotatable bonds is 4. The molecule has 3 aromatic heterocycles. The van der Waals surface area contributed by atoms with Gasteiger partial charge in [-0.05, 0) is 42.8 Å². The van der Waals surface area contributed by atoms with Crippen molar-refractivity contribution in [1.82, 2.24) is 19.6 Å². The number of hydrogen-bond donors (Lipinski definition) is 1. The van der Waals surface area contributed by atoms with Gasteiger partial charge in [0, 0.05) is 34.0 Å². The zero-order valence-electron chi connectivity index (χ0n) is 13.3. The van der Waals surface area contributed by atoms with Gasteiger partial charge >= 0.3 is 0 Å². The van der Waals surface area contributed by atoms with E-state index in [4.69, 9.17) is 16.3 Å². The molecule has 0 aliphatic carbocycles. The molecule has 7 heteroatoms. The number of ether oxygens (including phenoxy) is 1. The van der Waals surface area contributed by atoms with Crippen molar-refractivity contribution in [3.05, 3.63) is 75.5 Å². The average molecular weight is 418 g/mol. The van der Waals surface area contributed by atoms with Gasteiger partial charge in [-0.3, -0.25) is 5.10 Å². The molecule has 0 fully saturated rings. The van der Waals surface area contributed by atoms with Crippen LogP contribution in [0.2, 0.25) is 5.02 Å². The SMILES string of the molecule is Cc1ccn2c(Cc3ccn[nH]3)ncc2c1Oc1cc(Cl)cc(Br)c1. The van der Waals surface area contributed by atoms with Gasteiger partial charge in [0.2, 0.25) is 0 Å². The highest BCUT2D eigenvalue weighted by molar-refractivity contribution is 9.10. The molecule has 0 aliphatic rings. The molecule has 0 saturated heterocycles. The summed E-state index contributed by atoms with van der Waals surface area (Å²) < 4.78 is 9.04. The number of nitrogens with zero attached hydrogens (tertiary/aromatic N) is 3. The van der Waals surface area contributed by atoms with Crippen LogP contribution in [0.1, 0.15) is 17.1 Å². The van der Waals surface area contributed by atoms with E-state index in [0.717, 1.165) is 32.8 Å². The van der Waals surface area contributed by atoms with Crippen molar-refractivity contribution < 1.29 is 4.74 Å². The Morgan fingerprint density at radius 2 is 2.16 bits per heavy atom. The summed E-state index contributed by atoms with van der Waals surface area (Å²) in [6.45, 7) is 2.01. The fourth-order valence-electron chi connectivity index (χ4n) is 2.72. The van der Waals surface area contributed by atoms with E-state index >= 15 is 0 Å². The van der Waals surface area contributed by atoms with Crippen LogP contribution in [0, 0.1) is 6.92 Å². The Hall–Kier alpha value is -2.31. The van der Waals surface area contributed by atoms with Crippen molar-refractivity contribution in [1.29, 1.82) is 0 Å². The van der Waals surface area contributed by atoms with Crippen LogP contribution < -0.4 is 4.74 Å². The van der Waals surface area contributed by atoms with E-state index < -0.39 is 0 Å². The molecule has 1 aromatic carbocycles. The van der Waals surface area contributed by atoms with E-state index in [1.54, 1.807) is 12.3 Å². The number of aromatic amines is 1. The first-order chi connectivity index (χ1) is 12.1. The lowest BCUT2D eigenvalue weighted by atomic mass is 10.2. The number of imidazole rings is 1. The van der Waals surface area contributed by atoms with Crippen LogP contribution in [0.3, 0.4) is 0 Å². The summed E-state index contributed by atoms with van der Waals surface area (Å²) in [7, 11) is 0. The van der Waals surface area contributed by atoms with E-state index in [1.165, 1.54) is 0 Å². The molecule has 0 amide bonds. The lowest BCUT2D eigenvalue weighted by Crippen LogP contribution is -1.99. The third-order valence-electron chi connectivity index (χ3n) is 3.90. The first-order valence-corrected chi connectivity index (χ1v) is 8.85. The first-order valence-electron chi connectivity index (χ1n) is 7.68. The highest BCUT2D eigenvalue weighted by Gasteiger charge is 2.13. The predicted molar refractivity (Wildman–Crippen MR) is 101 cm³/mol. The highest BCUT2D eigenvalue weighted by Crippen LogP contribution is 2.33. The molecule has 4 rings (SSSR count). The lowest BCUT2D eigenvalue weighted by Gasteiger charge is -2.12. The molecule has 0 aliphatic heterocycles. The number of pyridine rings is 1. The zero-order valence-corrected chi connectivity index (χ0v) is 15.7. The molecule has 1 N–H and O–H groups in total. The van der Waals surface area contributed by atoms with Gasteiger partial charge in [0.15, 0.2) is 5.75 Å². The van der Waals surface area contributed by atoms with Crippen LogP contribution in [0.25, 0.3) is 5.52 Å². The largest absolute Gasteiger partial charge is 0.455 e. The summed E-state index contributed by atoms with van der Waals surface area (Å²) in [5.74, 6) is 2.35. The summed E-state index contributed by atoms with van der Waals surface area (Å²) in [6, 6.07) is 9.45. The molecule has 0 saturated carbocycles. The van der Waals surface area contributed by atoms with Gasteiger partial charge in [-0.25, -0.2) is 4.98 Å². The summed E-state index contributed by atoms with van der Waals surface area (Å²) in [5, 5.41) is 7.56. The van der Waals surface area contributed by atoms with E-state index in [2.05, 4.69) is 31.1 Å². The first kappa shape index (κ1) is 16.2. The summed E-state index contributed by atoms with van der Waals surface area (Å²) >= 11 is 9.56. The van der Waals surface area contributed by atoms with E-state index in [-0.39, 0.29) is 0 Å². The van der Waals surface area contributed by atoms with Crippen molar-refractivity contribution >= 4 is 33.0 Å². The van der Waals surface area contributed by atoms with Crippen LogP contribution >= 0.6 is 27.5 Å². The Labute approximate surface area is 157 Å². The fourth-order valence-corrected chi connectivity index (χ4v) is 3.55. The second-order valence-electron chi connectivity index (χ2n) is 5.72. The van der Waals surface area contributed by atoms with E-state index in [9.17, 15) is 0 Å². The Kier molecular flexibility index (Phi) is 4.23. The smallest absolute Gasteiger partial charge is 0.155 e. The summed E-state index contributed by atoms with van der Waals surface area (Å²) in [4.78, 5) is 4.55. The molecule has 0 unspecified atom stereocenters. The monoisotopic (exact) mass is 416 g/mol. The molecule has 0 radical (unpaired) electrons. The van der Waals surface area contributed by atoms with Crippen LogP contribution in [-0.4, -0.2) is 19.6 Å². The van der Waals surface area contributed by atoms with Crippen LogP contribution in [0.4, 0.5) is 0 Å². The third kappa shape index (κ3) is 3.27. The lowest BCUT2D eigenvalue weighted by molar-refractivity contribution is 0.482. The Balaban J connectivity index is 1.75. The molecular formula is C18H14BrClN4O. The van der Waals surface area contributed by atoms with Crippen molar-refractivity contribution in [2.45, 2.75) is 13.3 Å². The maximum absolute atomic E-state index is 6.14. The molecule has 126 valence electrons.